The van der Waals surface area contributed by atoms with Crippen LogP contribution < -0.4 is 4.84 Å². The third-order valence-corrected chi connectivity index (χ3v) is 3.31. The molecule has 0 spiro atoms. The first-order valence-corrected chi connectivity index (χ1v) is 6.43. The third-order valence-electron chi connectivity index (χ3n) is 3.31. The molecule has 3 rings (SSSR count). The summed E-state index contributed by atoms with van der Waals surface area (Å²) in [6.45, 7) is 5.36. The normalized spacial score (nSPS) is 17.1. The fraction of sp³-hybridized carbons (Fsp3) is 0.429. The highest BCUT2D eigenvalue weighted by Gasteiger charge is 2.10. The Bertz CT molecular complexity index is 503. The van der Waals surface area contributed by atoms with Crippen molar-refractivity contribution in [1.82, 2.24) is 9.63 Å². The molecule has 1 aromatic heterocycles. The zero-order valence-corrected chi connectivity index (χ0v) is 10.4. The molecule has 96 valence electrons. The Kier molecular flexibility index (Phi) is 3.48. The molecule has 0 radical (unpaired) electrons. The van der Waals surface area contributed by atoms with E-state index in [4.69, 9.17) is 9.57 Å². The van der Waals surface area contributed by atoms with Gasteiger partial charge in [0, 0.05) is 31.2 Å². The average Bonchev–Trinajstić information content (AvgIpc) is 2.84. The molecule has 1 fully saturated rings. The van der Waals surface area contributed by atoms with E-state index in [1.165, 1.54) is 5.39 Å². The summed E-state index contributed by atoms with van der Waals surface area (Å²) in [5, 5.41) is 1.21. The van der Waals surface area contributed by atoms with Gasteiger partial charge in [0.15, 0.2) is 0 Å². The second kappa shape index (κ2) is 5.42. The first-order chi connectivity index (χ1) is 8.93. The van der Waals surface area contributed by atoms with Gasteiger partial charge in [-0.15, -0.1) is 0 Å². The minimum absolute atomic E-state index is 0.707. The van der Waals surface area contributed by atoms with E-state index in [-0.39, 0.29) is 0 Å². The van der Waals surface area contributed by atoms with Crippen LogP contribution in [0.25, 0.3) is 10.9 Å². The summed E-state index contributed by atoms with van der Waals surface area (Å²) in [6, 6.07) is 10.3. The summed E-state index contributed by atoms with van der Waals surface area (Å²) < 4.78 is 7.18. The van der Waals surface area contributed by atoms with Gasteiger partial charge < -0.3 is 9.57 Å². The molecule has 18 heavy (non-hydrogen) atoms. The minimum atomic E-state index is 0.707. The van der Waals surface area contributed by atoms with Gasteiger partial charge in [-0.05, 0) is 12.1 Å². The van der Waals surface area contributed by atoms with E-state index >= 15 is 0 Å². The Morgan fingerprint density at radius 1 is 1.11 bits per heavy atom. The second-order valence-corrected chi connectivity index (χ2v) is 4.49. The van der Waals surface area contributed by atoms with Gasteiger partial charge in [0.05, 0.1) is 18.7 Å². The van der Waals surface area contributed by atoms with Crippen molar-refractivity contribution in [3.05, 3.63) is 36.5 Å². The standard InChI is InChI=1S/C14H18N2O2/c1-2-4-14-13(3-1)5-6-16(14)18-12-9-15-7-10-17-11-8-15/h1-6H,7-12H2. The van der Waals surface area contributed by atoms with E-state index in [1.807, 2.05) is 23.1 Å². The van der Waals surface area contributed by atoms with Crippen molar-refractivity contribution in [3.63, 3.8) is 0 Å². The van der Waals surface area contributed by atoms with Gasteiger partial charge in [-0.25, -0.2) is 0 Å². The van der Waals surface area contributed by atoms with E-state index in [1.54, 1.807) is 0 Å². The number of hydrogen-bond donors (Lipinski definition) is 0. The van der Waals surface area contributed by atoms with Crippen LogP contribution in [0.2, 0.25) is 0 Å². The van der Waals surface area contributed by atoms with Crippen LogP contribution in [0, 0.1) is 0 Å². The Hall–Kier alpha value is -1.52. The van der Waals surface area contributed by atoms with Crippen molar-refractivity contribution in [2.45, 2.75) is 0 Å². The Morgan fingerprint density at radius 2 is 1.94 bits per heavy atom. The van der Waals surface area contributed by atoms with Crippen molar-refractivity contribution in [2.75, 3.05) is 39.5 Å². The Balaban J connectivity index is 1.56. The lowest BCUT2D eigenvalue weighted by molar-refractivity contribution is 0.0191. The number of ether oxygens (including phenoxy) is 1. The SMILES string of the molecule is c1ccc2c(c1)ccn2OCCN1CCOCC1. The zero-order chi connectivity index (χ0) is 12.2. The maximum Gasteiger partial charge on any atom is 0.127 e. The van der Waals surface area contributed by atoms with Crippen molar-refractivity contribution in [3.8, 4) is 0 Å². The predicted molar refractivity (Wildman–Crippen MR) is 70.6 cm³/mol. The summed E-state index contributed by atoms with van der Waals surface area (Å²) in [5.74, 6) is 0. The highest BCUT2D eigenvalue weighted by atomic mass is 16.7. The number of benzene rings is 1. The number of morpholine rings is 1. The van der Waals surface area contributed by atoms with Gasteiger partial charge in [-0.3, -0.25) is 4.90 Å². The lowest BCUT2D eigenvalue weighted by atomic mass is 10.3. The molecule has 0 amide bonds. The zero-order valence-electron chi connectivity index (χ0n) is 10.4. The van der Waals surface area contributed by atoms with Crippen LogP contribution in [0.5, 0.6) is 0 Å². The van der Waals surface area contributed by atoms with Crippen molar-refractivity contribution >= 4 is 10.9 Å². The highest BCUT2D eigenvalue weighted by Crippen LogP contribution is 2.13. The molecule has 0 unspecified atom stereocenters. The first kappa shape index (κ1) is 11.6. The maximum absolute atomic E-state index is 5.80. The molecular formula is C14H18N2O2. The molecule has 0 atom stereocenters. The van der Waals surface area contributed by atoms with E-state index in [0.29, 0.717) is 6.61 Å². The summed E-state index contributed by atoms with van der Waals surface area (Å²) in [4.78, 5) is 8.17. The molecule has 1 aliphatic rings. The smallest absolute Gasteiger partial charge is 0.127 e. The molecule has 4 nitrogen and oxygen atoms in total. The van der Waals surface area contributed by atoms with Crippen LogP contribution in [0.1, 0.15) is 0 Å². The quantitative estimate of drug-likeness (QED) is 0.816. The summed E-state index contributed by atoms with van der Waals surface area (Å²) in [5.41, 5.74) is 1.12. The van der Waals surface area contributed by atoms with Gasteiger partial charge in [-0.2, -0.15) is 4.73 Å². The van der Waals surface area contributed by atoms with E-state index in [0.717, 1.165) is 38.4 Å². The van der Waals surface area contributed by atoms with E-state index in [2.05, 4.69) is 23.1 Å². The lowest BCUT2D eigenvalue weighted by Crippen LogP contribution is -2.39. The number of aromatic nitrogens is 1. The van der Waals surface area contributed by atoms with Crippen molar-refractivity contribution in [1.29, 1.82) is 0 Å². The Labute approximate surface area is 107 Å². The fourth-order valence-corrected chi connectivity index (χ4v) is 2.26. The molecule has 1 aromatic carbocycles. The van der Waals surface area contributed by atoms with Gasteiger partial charge >= 0.3 is 0 Å². The second-order valence-electron chi connectivity index (χ2n) is 4.49. The number of para-hydroxylation sites is 1. The van der Waals surface area contributed by atoms with Gasteiger partial charge in [0.1, 0.15) is 6.61 Å². The molecule has 0 N–H and O–H groups in total. The van der Waals surface area contributed by atoms with Crippen LogP contribution >= 0.6 is 0 Å². The van der Waals surface area contributed by atoms with Crippen molar-refractivity contribution < 1.29 is 9.57 Å². The van der Waals surface area contributed by atoms with Gasteiger partial charge in [-0.1, -0.05) is 18.2 Å². The van der Waals surface area contributed by atoms with Crippen LogP contribution in [-0.2, 0) is 4.74 Å². The van der Waals surface area contributed by atoms with Gasteiger partial charge in [0.2, 0.25) is 0 Å². The topological polar surface area (TPSA) is 26.6 Å². The van der Waals surface area contributed by atoms with Crippen LogP contribution in [0.3, 0.4) is 0 Å². The molecule has 1 aliphatic heterocycles. The predicted octanol–water partition coefficient (Wildman–Crippen LogP) is 1.40. The Morgan fingerprint density at radius 3 is 2.83 bits per heavy atom. The largest absolute Gasteiger partial charge is 0.412 e. The summed E-state index contributed by atoms with van der Waals surface area (Å²) >= 11 is 0. The number of nitrogens with zero attached hydrogens (tertiary/aromatic N) is 2. The third kappa shape index (κ3) is 2.49. The van der Waals surface area contributed by atoms with Gasteiger partial charge in [0.25, 0.3) is 0 Å². The van der Waals surface area contributed by atoms with E-state index in [9.17, 15) is 0 Å². The molecule has 0 aliphatic carbocycles. The molecule has 2 aromatic rings. The van der Waals surface area contributed by atoms with Crippen LogP contribution in [0.15, 0.2) is 36.5 Å². The molecular weight excluding hydrogens is 228 g/mol. The summed E-state index contributed by atoms with van der Waals surface area (Å²) in [6.07, 6.45) is 1.98. The van der Waals surface area contributed by atoms with E-state index < -0.39 is 0 Å². The molecule has 0 saturated carbocycles. The number of hydrogen-bond acceptors (Lipinski definition) is 3. The highest BCUT2D eigenvalue weighted by molar-refractivity contribution is 5.79. The molecule has 2 heterocycles. The number of rotatable bonds is 4. The average molecular weight is 246 g/mol. The monoisotopic (exact) mass is 246 g/mol. The fourth-order valence-electron chi connectivity index (χ4n) is 2.26. The lowest BCUT2D eigenvalue weighted by Gasteiger charge is -2.26. The molecule has 0 bridgehead atoms. The molecule has 1 saturated heterocycles. The van der Waals surface area contributed by atoms with Crippen LogP contribution in [-0.4, -0.2) is 49.1 Å². The van der Waals surface area contributed by atoms with Crippen LogP contribution in [0.4, 0.5) is 0 Å². The first-order valence-electron chi connectivity index (χ1n) is 6.43. The number of fused-ring (bicyclic) bond motifs is 1. The van der Waals surface area contributed by atoms with Crippen molar-refractivity contribution in [2.24, 2.45) is 0 Å². The minimum Gasteiger partial charge on any atom is -0.412 e. The summed E-state index contributed by atoms with van der Waals surface area (Å²) in [7, 11) is 0. The molecule has 4 heteroatoms. The maximum atomic E-state index is 5.80.